The minimum Gasteiger partial charge on any atom is -0.479 e. The van der Waals surface area contributed by atoms with E-state index in [9.17, 15) is 19.2 Å². The zero-order valence-electron chi connectivity index (χ0n) is 18.0. The molecule has 172 valence electrons. The van der Waals surface area contributed by atoms with E-state index in [2.05, 4.69) is 10.6 Å². The number of amides is 2. The summed E-state index contributed by atoms with van der Waals surface area (Å²) in [6, 6.07) is 8.19. The van der Waals surface area contributed by atoms with Crippen LogP contribution in [0.3, 0.4) is 0 Å². The molecule has 0 aromatic heterocycles. The van der Waals surface area contributed by atoms with Gasteiger partial charge >= 0.3 is 18.0 Å². The van der Waals surface area contributed by atoms with Crippen molar-refractivity contribution in [1.29, 1.82) is 0 Å². The van der Waals surface area contributed by atoms with E-state index >= 15 is 0 Å². The van der Waals surface area contributed by atoms with Gasteiger partial charge in [0, 0.05) is 0 Å². The largest absolute Gasteiger partial charge is 0.479 e. The molecule has 3 N–H and O–H groups in total. The first kappa shape index (κ1) is 26.3. The van der Waals surface area contributed by atoms with Gasteiger partial charge in [-0.05, 0) is 36.3 Å². The molecule has 0 aliphatic heterocycles. The molecule has 0 saturated heterocycles. The summed E-state index contributed by atoms with van der Waals surface area (Å²) >= 11 is 1.50. The average Bonchev–Trinajstić information content (AvgIpc) is 2.73. The number of hydrogen-bond acceptors (Lipinski definition) is 7. The Morgan fingerprint density at radius 2 is 1.81 bits per heavy atom. The molecule has 0 fully saturated rings. The first-order chi connectivity index (χ1) is 14.7. The quantitative estimate of drug-likeness (QED) is 0.387. The van der Waals surface area contributed by atoms with E-state index in [4.69, 9.17) is 14.6 Å². The topological polar surface area (TPSA) is 131 Å². The van der Waals surface area contributed by atoms with E-state index in [1.165, 1.54) is 11.8 Å². The first-order valence-corrected chi connectivity index (χ1v) is 11.3. The zero-order valence-corrected chi connectivity index (χ0v) is 18.8. The molecule has 2 amide bonds. The van der Waals surface area contributed by atoms with Crippen molar-refractivity contribution in [3.05, 3.63) is 35.9 Å². The van der Waals surface area contributed by atoms with E-state index in [-0.39, 0.29) is 18.9 Å². The number of esters is 1. The van der Waals surface area contributed by atoms with Gasteiger partial charge in [-0.1, -0.05) is 44.2 Å². The maximum atomic E-state index is 12.4. The normalized spacial score (nSPS) is 12.5. The highest BCUT2D eigenvalue weighted by Gasteiger charge is 2.25. The maximum absolute atomic E-state index is 12.4. The molecule has 1 aromatic rings. The van der Waals surface area contributed by atoms with Crippen molar-refractivity contribution in [2.45, 2.75) is 45.4 Å². The second-order valence-corrected chi connectivity index (χ2v) is 8.19. The summed E-state index contributed by atoms with van der Waals surface area (Å²) in [5, 5.41) is 14.0. The van der Waals surface area contributed by atoms with Gasteiger partial charge in [0.15, 0.2) is 6.10 Å². The van der Waals surface area contributed by atoms with Crippen LogP contribution in [0.15, 0.2) is 30.3 Å². The summed E-state index contributed by atoms with van der Waals surface area (Å²) in [5.74, 6) is -2.08. The number of carbonyl (C=O) groups is 4. The fraction of sp³-hybridized carbons (Fsp3) is 0.524. The van der Waals surface area contributed by atoms with Crippen molar-refractivity contribution < 1.29 is 33.8 Å². The van der Waals surface area contributed by atoms with Crippen LogP contribution in [0.4, 0.5) is 4.79 Å². The summed E-state index contributed by atoms with van der Waals surface area (Å²) < 4.78 is 10.1. The number of thioether (sulfide) groups is 1. The van der Waals surface area contributed by atoms with Gasteiger partial charge in [0.2, 0.25) is 5.91 Å². The smallest absolute Gasteiger partial charge is 0.408 e. The Balaban J connectivity index is 2.55. The second-order valence-electron chi connectivity index (χ2n) is 7.20. The van der Waals surface area contributed by atoms with Crippen LogP contribution in [0.1, 0.15) is 32.3 Å². The highest BCUT2D eigenvalue weighted by atomic mass is 32.2. The SMILES string of the molecule is CSCC[C@H](NC(=O)OCc1ccccc1)C(=O)NCC(=O)O[C@@H](CC(C)C)C(=O)O. The average molecular weight is 455 g/mol. The molecule has 0 spiro atoms. The number of ether oxygens (including phenoxy) is 2. The number of carbonyl (C=O) groups excluding carboxylic acids is 3. The van der Waals surface area contributed by atoms with E-state index in [0.29, 0.717) is 12.2 Å². The maximum Gasteiger partial charge on any atom is 0.408 e. The van der Waals surface area contributed by atoms with Gasteiger partial charge in [-0.2, -0.15) is 11.8 Å². The van der Waals surface area contributed by atoms with Gasteiger partial charge in [0.1, 0.15) is 19.2 Å². The number of benzene rings is 1. The third-order valence-electron chi connectivity index (χ3n) is 4.07. The Morgan fingerprint density at radius 3 is 2.39 bits per heavy atom. The molecular formula is C21H30N2O7S. The van der Waals surface area contributed by atoms with E-state index in [1.807, 2.05) is 38.3 Å². The third-order valence-corrected chi connectivity index (χ3v) is 4.72. The number of carboxylic acid groups (broad SMARTS) is 1. The van der Waals surface area contributed by atoms with Crippen LogP contribution < -0.4 is 10.6 Å². The second kappa shape index (κ2) is 14.3. The minimum absolute atomic E-state index is 0.0190. The third kappa shape index (κ3) is 11.3. The predicted molar refractivity (Wildman–Crippen MR) is 117 cm³/mol. The summed E-state index contributed by atoms with van der Waals surface area (Å²) in [7, 11) is 0. The van der Waals surface area contributed by atoms with E-state index in [1.54, 1.807) is 12.1 Å². The molecule has 0 aliphatic rings. The number of hydrogen-bond donors (Lipinski definition) is 3. The number of nitrogens with one attached hydrogen (secondary N) is 2. The molecule has 1 rings (SSSR count). The van der Waals surface area contributed by atoms with Crippen LogP contribution in [0.25, 0.3) is 0 Å². The Hall–Kier alpha value is -2.75. The molecule has 9 nitrogen and oxygen atoms in total. The molecule has 0 bridgehead atoms. The van der Waals surface area contributed by atoms with Crippen LogP contribution in [-0.4, -0.2) is 59.7 Å². The monoisotopic (exact) mass is 454 g/mol. The van der Waals surface area contributed by atoms with Crippen LogP contribution in [0.2, 0.25) is 0 Å². The van der Waals surface area contributed by atoms with Crippen LogP contribution in [-0.2, 0) is 30.5 Å². The van der Waals surface area contributed by atoms with Gasteiger partial charge in [0.05, 0.1) is 0 Å². The molecule has 10 heteroatoms. The Labute approximate surface area is 186 Å². The molecule has 0 aliphatic carbocycles. The van der Waals surface area contributed by atoms with Crippen molar-refractivity contribution >= 4 is 35.7 Å². The van der Waals surface area contributed by atoms with Gasteiger partial charge in [0.25, 0.3) is 0 Å². The fourth-order valence-electron chi connectivity index (χ4n) is 2.52. The Bertz CT molecular complexity index is 728. The van der Waals surface area contributed by atoms with Crippen LogP contribution in [0, 0.1) is 5.92 Å². The van der Waals surface area contributed by atoms with E-state index < -0.39 is 42.6 Å². The van der Waals surface area contributed by atoms with Gasteiger partial charge in [-0.25, -0.2) is 9.59 Å². The van der Waals surface area contributed by atoms with Crippen LogP contribution >= 0.6 is 11.8 Å². The minimum atomic E-state index is -1.28. The number of aliphatic carboxylic acids is 1. The lowest BCUT2D eigenvalue weighted by molar-refractivity contribution is -0.164. The highest BCUT2D eigenvalue weighted by Crippen LogP contribution is 2.09. The molecule has 31 heavy (non-hydrogen) atoms. The van der Waals surface area contributed by atoms with Crippen molar-refractivity contribution in [2.75, 3.05) is 18.6 Å². The molecule has 0 radical (unpaired) electrons. The highest BCUT2D eigenvalue weighted by molar-refractivity contribution is 7.98. The lowest BCUT2D eigenvalue weighted by atomic mass is 10.1. The first-order valence-electron chi connectivity index (χ1n) is 9.89. The Kier molecular flexibility index (Phi) is 12.1. The van der Waals surface area contributed by atoms with Crippen molar-refractivity contribution in [1.82, 2.24) is 10.6 Å². The van der Waals surface area contributed by atoms with Gasteiger partial charge < -0.3 is 25.2 Å². The molecule has 0 unspecified atom stereocenters. The number of carboxylic acids is 1. The number of alkyl carbamates (subject to hydrolysis) is 1. The standard InChI is InChI=1S/C21H30N2O7S/c1-14(2)11-17(20(26)27)30-18(24)12-22-19(25)16(9-10-31-3)23-21(28)29-13-15-7-5-4-6-8-15/h4-8,14,16-17H,9-13H2,1-3H3,(H,22,25)(H,23,28)(H,26,27)/t16-,17-/m0/s1. The van der Waals surface area contributed by atoms with E-state index in [0.717, 1.165) is 5.56 Å². The fourth-order valence-corrected chi connectivity index (χ4v) is 2.99. The van der Waals surface area contributed by atoms with Crippen molar-refractivity contribution in [3.8, 4) is 0 Å². The van der Waals surface area contributed by atoms with Gasteiger partial charge in [-0.15, -0.1) is 0 Å². The Morgan fingerprint density at radius 1 is 1.13 bits per heavy atom. The number of rotatable bonds is 13. The summed E-state index contributed by atoms with van der Waals surface area (Å²) in [6.07, 6.45) is 0.326. The predicted octanol–water partition coefficient (Wildman–Crippen LogP) is 2.19. The lowest BCUT2D eigenvalue weighted by Gasteiger charge is -2.19. The van der Waals surface area contributed by atoms with Crippen molar-refractivity contribution in [3.63, 3.8) is 0 Å². The summed E-state index contributed by atoms with van der Waals surface area (Å²) in [5.41, 5.74) is 0.805. The van der Waals surface area contributed by atoms with Crippen LogP contribution in [0.5, 0.6) is 0 Å². The van der Waals surface area contributed by atoms with Crippen molar-refractivity contribution in [2.24, 2.45) is 5.92 Å². The molecule has 1 aromatic carbocycles. The molecule has 0 saturated carbocycles. The molecule has 0 heterocycles. The van der Waals surface area contributed by atoms with Gasteiger partial charge in [-0.3, -0.25) is 9.59 Å². The molecular weight excluding hydrogens is 424 g/mol. The zero-order chi connectivity index (χ0) is 23.2. The lowest BCUT2D eigenvalue weighted by Crippen LogP contribution is -2.48. The molecule has 2 atom stereocenters. The summed E-state index contributed by atoms with van der Waals surface area (Å²) in [4.78, 5) is 47.7. The summed E-state index contributed by atoms with van der Waals surface area (Å²) in [6.45, 7) is 3.17.